The molecule has 7 heteroatoms. The fourth-order valence-corrected chi connectivity index (χ4v) is 4.03. The van der Waals surface area contributed by atoms with Gasteiger partial charge in [-0.2, -0.15) is 0 Å². The van der Waals surface area contributed by atoms with E-state index in [0.717, 1.165) is 38.7 Å². The van der Waals surface area contributed by atoms with Gasteiger partial charge in [-0.1, -0.05) is 24.3 Å². The summed E-state index contributed by atoms with van der Waals surface area (Å²) in [6.07, 6.45) is 3.40. The second-order valence-electron chi connectivity index (χ2n) is 7.59. The molecule has 0 aliphatic rings. The van der Waals surface area contributed by atoms with E-state index in [1.807, 2.05) is 66.1 Å². The van der Waals surface area contributed by atoms with Crippen LogP contribution in [0.4, 0.5) is 0 Å². The molecule has 0 fully saturated rings. The number of phenols is 1. The number of phenolic OH excluding ortho intramolecular Hbond substituents is 1. The van der Waals surface area contributed by atoms with Crippen molar-refractivity contribution in [1.82, 2.24) is 19.5 Å². The first kappa shape index (κ1) is 21.1. The number of aromatic hydroxyl groups is 1. The van der Waals surface area contributed by atoms with Crippen LogP contribution in [-0.2, 0) is 21.1 Å². The van der Waals surface area contributed by atoms with E-state index in [1.165, 1.54) is 0 Å². The van der Waals surface area contributed by atoms with Gasteiger partial charge in [0, 0.05) is 50.0 Å². The van der Waals surface area contributed by atoms with Gasteiger partial charge in [0.25, 0.3) is 0 Å². The van der Waals surface area contributed by atoms with Crippen molar-refractivity contribution in [3.05, 3.63) is 90.8 Å². The number of nitrogens with zero attached hydrogens (tertiary/aromatic N) is 4. The van der Waals surface area contributed by atoms with Crippen molar-refractivity contribution in [2.24, 2.45) is 0 Å². The van der Waals surface area contributed by atoms with Crippen molar-refractivity contribution in [1.29, 1.82) is 0 Å². The molecule has 6 nitrogen and oxygen atoms in total. The molecule has 0 radical (unpaired) electrons. The van der Waals surface area contributed by atoms with Crippen molar-refractivity contribution in [3.63, 3.8) is 0 Å². The summed E-state index contributed by atoms with van der Waals surface area (Å²) < 4.78 is 8.01. The molecule has 0 atom stereocenters. The number of para-hydroxylation sites is 1. The Morgan fingerprint density at radius 3 is 2.64 bits per heavy atom. The molecule has 0 aliphatic carbocycles. The maximum atomic E-state index is 10.3. The smallest absolute Gasteiger partial charge is 0.217 e. The van der Waals surface area contributed by atoms with Gasteiger partial charge in [-0.25, -0.2) is 9.97 Å². The normalized spacial score (nSPS) is 11.1. The summed E-state index contributed by atoms with van der Waals surface area (Å²) in [6.45, 7) is 1.93. The number of aromatic nitrogens is 4. The van der Waals surface area contributed by atoms with E-state index in [1.54, 1.807) is 24.5 Å². The van der Waals surface area contributed by atoms with Crippen molar-refractivity contribution in [3.8, 4) is 23.2 Å². The zero-order chi connectivity index (χ0) is 21.7. The number of benzene rings is 2. The van der Waals surface area contributed by atoms with Gasteiger partial charge in [0.2, 0.25) is 5.88 Å². The Bertz CT molecular complexity index is 1630. The van der Waals surface area contributed by atoms with Crippen LogP contribution in [0.5, 0.6) is 17.4 Å². The fourth-order valence-electron chi connectivity index (χ4n) is 4.03. The van der Waals surface area contributed by atoms with Crippen LogP contribution in [0.25, 0.3) is 38.7 Å². The van der Waals surface area contributed by atoms with Crippen LogP contribution in [0.15, 0.2) is 79.1 Å². The Labute approximate surface area is 203 Å². The molecule has 164 valence electrons. The molecule has 0 bridgehead atoms. The largest absolute Gasteiger partial charge is 0.506 e. The zero-order valence-electron chi connectivity index (χ0n) is 17.5. The minimum absolute atomic E-state index is 0. The Morgan fingerprint density at radius 2 is 1.79 bits per heavy atom. The summed E-state index contributed by atoms with van der Waals surface area (Å²) in [7, 11) is 0. The predicted molar refractivity (Wildman–Crippen MR) is 123 cm³/mol. The maximum Gasteiger partial charge on any atom is 0.217 e. The first-order chi connectivity index (χ1) is 15.7. The SMILES string of the molecule is Cc1cc(O)c2nc(Oc3[c-]c4c(nc3)c3ccccc3n4-c3ccccn3)ccc2c1.[Pt]. The first-order valence-electron chi connectivity index (χ1n) is 10.2. The average molecular weight is 613 g/mol. The quantitative estimate of drug-likeness (QED) is 0.259. The molecular weight excluding hydrogens is 595 g/mol. The van der Waals surface area contributed by atoms with Crippen molar-refractivity contribution < 1.29 is 30.9 Å². The van der Waals surface area contributed by atoms with Gasteiger partial charge >= 0.3 is 0 Å². The summed E-state index contributed by atoms with van der Waals surface area (Å²) in [5.74, 6) is 1.68. The second kappa shape index (κ2) is 8.30. The summed E-state index contributed by atoms with van der Waals surface area (Å²) in [5.41, 5.74) is 4.03. The van der Waals surface area contributed by atoms with Gasteiger partial charge in [-0.05, 0) is 71.5 Å². The van der Waals surface area contributed by atoms with E-state index in [9.17, 15) is 5.11 Å². The standard InChI is InChI=1S/C26H17N4O2.Pt/c1-16-12-17-9-10-24(29-25(17)22(31)13-16)32-18-14-21-26(28-15-18)19-6-2-3-7-20(19)30(21)23-8-4-5-11-27-23;/h2-13,15,31H,1H3;/q-1;. The number of rotatable bonds is 3. The van der Waals surface area contributed by atoms with Crippen LogP contribution in [-0.4, -0.2) is 24.6 Å². The van der Waals surface area contributed by atoms with Crippen LogP contribution in [0.3, 0.4) is 0 Å². The van der Waals surface area contributed by atoms with Crippen molar-refractivity contribution in [2.75, 3.05) is 0 Å². The van der Waals surface area contributed by atoms with Crippen LogP contribution >= 0.6 is 0 Å². The third-order valence-electron chi connectivity index (χ3n) is 5.38. The molecule has 0 saturated heterocycles. The topological polar surface area (TPSA) is 73.1 Å². The van der Waals surface area contributed by atoms with Crippen LogP contribution in [0.1, 0.15) is 5.56 Å². The van der Waals surface area contributed by atoms with E-state index < -0.39 is 0 Å². The molecule has 0 amide bonds. The minimum Gasteiger partial charge on any atom is -0.506 e. The molecule has 6 rings (SSSR count). The van der Waals surface area contributed by atoms with E-state index in [-0.39, 0.29) is 26.8 Å². The molecular formula is C26H17N4O2Pt-. The third-order valence-corrected chi connectivity index (χ3v) is 5.38. The van der Waals surface area contributed by atoms with E-state index >= 15 is 0 Å². The third kappa shape index (κ3) is 3.62. The van der Waals surface area contributed by atoms with E-state index in [0.29, 0.717) is 17.1 Å². The van der Waals surface area contributed by atoms with Gasteiger partial charge in [-0.15, -0.1) is 6.07 Å². The van der Waals surface area contributed by atoms with Gasteiger partial charge in [0.05, 0.1) is 0 Å². The van der Waals surface area contributed by atoms with Crippen LogP contribution in [0, 0.1) is 13.0 Å². The van der Waals surface area contributed by atoms with Gasteiger partial charge in [-0.3, -0.25) is 0 Å². The molecule has 0 aliphatic heterocycles. The molecule has 33 heavy (non-hydrogen) atoms. The number of aryl methyl sites for hydroxylation is 1. The molecule has 0 saturated carbocycles. The molecule has 4 heterocycles. The molecule has 0 unspecified atom stereocenters. The van der Waals surface area contributed by atoms with Gasteiger partial charge in [0.15, 0.2) is 0 Å². The Hall–Kier alpha value is -3.76. The first-order valence-corrected chi connectivity index (χ1v) is 10.2. The van der Waals surface area contributed by atoms with Gasteiger partial charge in [0.1, 0.15) is 17.1 Å². The van der Waals surface area contributed by atoms with E-state index in [4.69, 9.17) is 4.74 Å². The summed E-state index contributed by atoms with van der Waals surface area (Å²) in [4.78, 5) is 13.7. The molecule has 2 aromatic carbocycles. The summed E-state index contributed by atoms with van der Waals surface area (Å²) in [6, 6.07) is 24.5. The average Bonchev–Trinajstić information content (AvgIpc) is 3.13. The number of ether oxygens (including phenoxy) is 1. The monoisotopic (exact) mass is 612 g/mol. The van der Waals surface area contributed by atoms with Crippen molar-refractivity contribution in [2.45, 2.75) is 6.92 Å². The molecule has 4 aromatic heterocycles. The Balaban J connectivity index is 0.00000228. The number of hydrogen-bond acceptors (Lipinski definition) is 5. The summed E-state index contributed by atoms with van der Waals surface area (Å²) in [5, 5.41) is 12.1. The molecule has 0 spiro atoms. The zero-order valence-corrected chi connectivity index (χ0v) is 19.7. The number of fused-ring (bicyclic) bond motifs is 4. The predicted octanol–water partition coefficient (Wildman–Crippen LogP) is 5.73. The molecule has 1 N–H and O–H groups in total. The summed E-state index contributed by atoms with van der Waals surface area (Å²) >= 11 is 0. The Kier molecular flexibility index (Phi) is 5.31. The van der Waals surface area contributed by atoms with Crippen LogP contribution < -0.4 is 4.74 Å². The second-order valence-corrected chi connectivity index (χ2v) is 7.59. The number of hydrogen-bond donors (Lipinski definition) is 1. The van der Waals surface area contributed by atoms with Crippen LogP contribution in [0.2, 0.25) is 0 Å². The fraction of sp³-hybridized carbons (Fsp3) is 0.0385. The van der Waals surface area contributed by atoms with E-state index in [2.05, 4.69) is 21.0 Å². The van der Waals surface area contributed by atoms with Gasteiger partial charge < -0.3 is 19.4 Å². The Morgan fingerprint density at radius 1 is 0.939 bits per heavy atom. The number of pyridine rings is 3. The maximum absolute atomic E-state index is 10.3. The van der Waals surface area contributed by atoms with Crippen molar-refractivity contribution >= 4 is 32.8 Å². The minimum atomic E-state index is 0. The molecule has 6 aromatic rings.